The molecule has 1 aromatic heterocycles. The summed E-state index contributed by atoms with van der Waals surface area (Å²) in [6, 6.07) is 25.3. The standard InChI is InChI=1S/C32H26N2O9/c1-2-32(43-30(38)23-16-10-5-11-17-23)24(20-40-28(36)21-12-6-3-7-13-21)41-27(34-19-18-25(35)33-31(34)39)26(32)42-29(37)22-14-8-4-9-15-22/h2-19,24,26-27H,1,20H2,(H,33,35,39)/t24-,26+,27-,32-/m1/s1. The van der Waals surface area contributed by atoms with Crippen LogP contribution in [0.1, 0.15) is 37.3 Å². The molecular formula is C32H26N2O9. The summed E-state index contributed by atoms with van der Waals surface area (Å²) >= 11 is 0. The van der Waals surface area contributed by atoms with Gasteiger partial charge in [-0.15, -0.1) is 0 Å². The summed E-state index contributed by atoms with van der Waals surface area (Å²) < 4.78 is 24.6. The molecule has 1 N–H and O–H groups in total. The van der Waals surface area contributed by atoms with Crippen molar-refractivity contribution in [3.63, 3.8) is 0 Å². The van der Waals surface area contributed by atoms with Crippen LogP contribution in [0.15, 0.2) is 126 Å². The molecule has 0 bridgehead atoms. The van der Waals surface area contributed by atoms with E-state index in [0.29, 0.717) is 0 Å². The lowest BCUT2D eigenvalue weighted by Gasteiger charge is -2.34. The van der Waals surface area contributed by atoms with Crippen molar-refractivity contribution in [3.8, 4) is 0 Å². The van der Waals surface area contributed by atoms with Crippen LogP contribution in [0.3, 0.4) is 0 Å². The number of carbonyl (C=O) groups is 3. The lowest BCUT2D eigenvalue weighted by atomic mass is 9.91. The molecule has 0 radical (unpaired) electrons. The molecule has 11 nitrogen and oxygen atoms in total. The van der Waals surface area contributed by atoms with Crippen LogP contribution in [0.4, 0.5) is 0 Å². The number of benzene rings is 3. The summed E-state index contributed by atoms with van der Waals surface area (Å²) in [5, 5.41) is 0. The number of aromatic amines is 1. The zero-order valence-electron chi connectivity index (χ0n) is 22.7. The zero-order valence-corrected chi connectivity index (χ0v) is 22.7. The normalized spacial score (nSPS) is 21.0. The van der Waals surface area contributed by atoms with Gasteiger partial charge >= 0.3 is 23.6 Å². The fraction of sp³-hybridized carbons (Fsp3) is 0.156. The van der Waals surface area contributed by atoms with Gasteiger partial charge in [0.05, 0.1) is 16.7 Å². The molecule has 0 unspecified atom stereocenters. The van der Waals surface area contributed by atoms with Crippen LogP contribution in [0.5, 0.6) is 0 Å². The van der Waals surface area contributed by atoms with Gasteiger partial charge in [0, 0.05) is 12.3 Å². The molecule has 0 amide bonds. The van der Waals surface area contributed by atoms with Crippen LogP contribution in [0.2, 0.25) is 0 Å². The van der Waals surface area contributed by atoms with Gasteiger partial charge in [-0.05, 0) is 42.5 Å². The number of esters is 3. The van der Waals surface area contributed by atoms with Gasteiger partial charge in [-0.25, -0.2) is 19.2 Å². The number of ether oxygens (including phenoxy) is 4. The predicted molar refractivity (Wildman–Crippen MR) is 152 cm³/mol. The third-order valence-corrected chi connectivity index (χ3v) is 6.85. The SMILES string of the molecule is C=C[C@@]1(OC(=O)c2ccccc2)[C@@H](COC(=O)c2ccccc2)O[C@@H](n2ccc(=O)[nH]c2=O)[C@@H]1OC(=O)c1ccccc1. The maximum absolute atomic E-state index is 13.4. The molecule has 1 aliphatic rings. The summed E-state index contributed by atoms with van der Waals surface area (Å²) in [6.07, 6.45) is -1.93. The number of H-pyrrole nitrogens is 1. The Kier molecular flexibility index (Phi) is 8.44. The first-order valence-corrected chi connectivity index (χ1v) is 13.2. The van der Waals surface area contributed by atoms with Gasteiger partial charge in [0.25, 0.3) is 5.56 Å². The molecule has 1 fully saturated rings. The van der Waals surface area contributed by atoms with Gasteiger partial charge in [-0.1, -0.05) is 61.2 Å². The Morgan fingerprint density at radius 3 is 1.88 bits per heavy atom. The van der Waals surface area contributed by atoms with Crippen LogP contribution < -0.4 is 11.2 Å². The molecule has 0 spiro atoms. The van der Waals surface area contributed by atoms with E-state index in [2.05, 4.69) is 11.6 Å². The maximum atomic E-state index is 13.4. The maximum Gasteiger partial charge on any atom is 0.339 e. The zero-order chi connectivity index (χ0) is 30.4. The minimum Gasteiger partial charge on any atom is -0.459 e. The largest absolute Gasteiger partial charge is 0.459 e. The second-order valence-corrected chi connectivity index (χ2v) is 9.50. The minimum absolute atomic E-state index is 0.168. The first kappa shape index (κ1) is 29.0. The summed E-state index contributed by atoms with van der Waals surface area (Å²) in [6.45, 7) is 3.37. The highest BCUT2D eigenvalue weighted by Gasteiger charge is 2.62. The number of nitrogens with zero attached hydrogens (tertiary/aromatic N) is 1. The van der Waals surface area contributed by atoms with E-state index in [-0.39, 0.29) is 16.7 Å². The van der Waals surface area contributed by atoms with Crippen molar-refractivity contribution in [3.05, 3.63) is 153 Å². The van der Waals surface area contributed by atoms with E-state index in [1.807, 2.05) is 0 Å². The van der Waals surface area contributed by atoms with Crippen LogP contribution in [0.25, 0.3) is 0 Å². The summed E-state index contributed by atoms with van der Waals surface area (Å²) in [7, 11) is 0. The minimum atomic E-state index is -1.98. The van der Waals surface area contributed by atoms with Crippen LogP contribution >= 0.6 is 0 Å². The summed E-state index contributed by atoms with van der Waals surface area (Å²) in [4.78, 5) is 66.5. The smallest absolute Gasteiger partial charge is 0.339 e. The fourth-order valence-electron chi connectivity index (χ4n) is 4.68. The predicted octanol–water partition coefficient (Wildman–Crippen LogP) is 3.30. The summed E-state index contributed by atoms with van der Waals surface area (Å²) in [5.41, 5.74) is -2.94. The van der Waals surface area contributed by atoms with E-state index in [1.54, 1.807) is 66.7 Å². The average molecular weight is 583 g/mol. The van der Waals surface area contributed by atoms with E-state index in [0.717, 1.165) is 16.8 Å². The van der Waals surface area contributed by atoms with Gasteiger partial charge in [-0.3, -0.25) is 14.3 Å². The van der Waals surface area contributed by atoms with Gasteiger partial charge in [-0.2, -0.15) is 0 Å². The molecule has 218 valence electrons. The molecule has 43 heavy (non-hydrogen) atoms. The lowest BCUT2D eigenvalue weighted by molar-refractivity contribution is -0.0830. The lowest BCUT2D eigenvalue weighted by Crippen LogP contribution is -2.53. The first-order valence-electron chi connectivity index (χ1n) is 13.2. The number of hydrogen-bond donors (Lipinski definition) is 1. The summed E-state index contributed by atoms with van der Waals surface area (Å²) in [5.74, 6) is -2.33. The van der Waals surface area contributed by atoms with E-state index in [4.69, 9.17) is 18.9 Å². The number of aromatic nitrogens is 2. The molecule has 1 aliphatic heterocycles. The number of nitrogens with one attached hydrogen (secondary N) is 1. The second-order valence-electron chi connectivity index (χ2n) is 9.50. The second kappa shape index (κ2) is 12.5. The number of hydrogen-bond acceptors (Lipinski definition) is 9. The molecule has 3 aromatic carbocycles. The Morgan fingerprint density at radius 1 is 0.814 bits per heavy atom. The Hall–Kier alpha value is -5.55. The van der Waals surface area contributed by atoms with Crippen molar-refractivity contribution in [2.45, 2.75) is 24.0 Å². The fourth-order valence-corrected chi connectivity index (χ4v) is 4.68. The molecule has 4 atom stereocenters. The molecular weight excluding hydrogens is 556 g/mol. The van der Waals surface area contributed by atoms with Crippen molar-refractivity contribution in [1.82, 2.24) is 9.55 Å². The van der Waals surface area contributed by atoms with Crippen LogP contribution in [-0.2, 0) is 18.9 Å². The Morgan fingerprint density at radius 2 is 1.35 bits per heavy atom. The van der Waals surface area contributed by atoms with Gasteiger partial charge in [0.15, 0.2) is 12.3 Å². The molecule has 0 saturated carbocycles. The number of rotatable bonds is 9. The molecule has 11 heteroatoms. The van der Waals surface area contributed by atoms with Crippen molar-refractivity contribution in [2.75, 3.05) is 6.61 Å². The van der Waals surface area contributed by atoms with Gasteiger partial charge in [0.2, 0.25) is 5.60 Å². The van der Waals surface area contributed by atoms with Crippen molar-refractivity contribution < 1.29 is 33.3 Å². The van der Waals surface area contributed by atoms with E-state index < -0.39 is 59.8 Å². The average Bonchev–Trinajstić information content (AvgIpc) is 3.33. The molecule has 2 heterocycles. The van der Waals surface area contributed by atoms with E-state index in [1.165, 1.54) is 30.3 Å². The van der Waals surface area contributed by atoms with Crippen LogP contribution in [-0.4, -0.2) is 51.9 Å². The molecule has 4 aromatic rings. The van der Waals surface area contributed by atoms with Crippen molar-refractivity contribution in [1.29, 1.82) is 0 Å². The molecule has 1 saturated heterocycles. The highest BCUT2D eigenvalue weighted by molar-refractivity contribution is 5.91. The molecule has 5 rings (SSSR count). The van der Waals surface area contributed by atoms with Gasteiger partial charge in [0.1, 0.15) is 12.7 Å². The van der Waals surface area contributed by atoms with Crippen molar-refractivity contribution in [2.24, 2.45) is 0 Å². The first-order chi connectivity index (χ1) is 20.8. The van der Waals surface area contributed by atoms with E-state index in [9.17, 15) is 24.0 Å². The quantitative estimate of drug-likeness (QED) is 0.179. The monoisotopic (exact) mass is 582 g/mol. The molecule has 0 aliphatic carbocycles. The number of carbonyl (C=O) groups excluding carboxylic acids is 3. The third-order valence-electron chi connectivity index (χ3n) is 6.85. The Balaban J connectivity index is 1.59. The topological polar surface area (TPSA) is 143 Å². The highest BCUT2D eigenvalue weighted by Crippen LogP contribution is 2.43. The van der Waals surface area contributed by atoms with Crippen molar-refractivity contribution >= 4 is 17.9 Å². The van der Waals surface area contributed by atoms with Crippen LogP contribution in [0, 0.1) is 0 Å². The Labute approximate surface area is 244 Å². The Bertz CT molecular complexity index is 1740. The van der Waals surface area contributed by atoms with Gasteiger partial charge < -0.3 is 18.9 Å². The van der Waals surface area contributed by atoms with E-state index >= 15 is 0 Å². The third kappa shape index (κ3) is 6.07. The highest BCUT2D eigenvalue weighted by atomic mass is 16.7.